The Balaban J connectivity index is 1.96. The molecule has 0 atom stereocenters. The molecule has 3 rings (SSSR count). The lowest BCUT2D eigenvalue weighted by atomic mass is 10.1. The number of aromatic nitrogens is 1. The van der Waals surface area contributed by atoms with E-state index in [2.05, 4.69) is 5.32 Å². The minimum Gasteiger partial charge on any atom is -0.467 e. The summed E-state index contributed by atoms with van der Waals surface area (Å²) in [6.07, 6.45) is 3.08. The summed E-state index contributed by atoms with van der Waals surface area (Å²) in [5, 5.41) is 3.96. The molecule has 0 saturated carbocycles. The summed E-state index contributed by atoms with van der Waals surface area (Å²) in [7, 11) is 0. The molecule has 112 valence electrons. The molecule has 0 radical (unpaired) electrons. The van der Waals surface area contributed by atoms with Crippen molar-refractivity contribution in [3.05, 3.63) is 59.1 Å². The van der Waals surface area contributed by atoms with Crippen LogP contribution in [0.2, 0.25) is 5.02 Å². The highest BCUT2D eigenvalue weighted by Crippen LogP contribution is 2.25. The molecule has 0 aliphatic carbocycles. The van der Waals surface area contributed by atoms with Crippen molar-refractivity contribution in [2.24, 2.45) is 0 Å². The van der Waals surface area contributed by atoms with Gasteiger partial charge in [-0.25, -0.2) is 0 Å². The van der Waals surface area contributed by atoms with Crippen LogP contribution < -0.4 is 5.32 Å². The first-order valence-electron chi connectivity index (χ1n) is 6.68. The van der Waals surface area contributed by atoms with Crippen LogP contribution in [0.15, 0.2) is 47.2 Å². The van der Waals surface area contributed by atoms with Gasteiger partial charge in [-0.2, -0.15) is 0 Å². The van der Waals surface area contributed by atoms with Crippen LogP contribution in [-0.2, 0) is 6.54 Å². The summed E-state index contributed by atoms with van der Waals surface area (Å²) in [6, 6.07) is 8.63. The summed E-state index contributed by atoms with van der Waals surface area (Å²) in [4.78, 5) is 24.1. The average molecular weight is 317 g/mol. The van der Waals surface area contributed by atoms with Gasteiger partial charge in [0, 0.05) is 23.5 Å². The van der Waals surface area contributed by atoms with E-state index in [9.17, 15) is 9.59 Å². The summed E-state index contributed by atoms with van der Waals surface area (Å²) in [5.74, 6) is 0.202. The Morgan fingerprint density at radius 1 is 1.32 bits per heavy atom. The first kappa shape index (κ1) is 14.4. The van der Waals surface area contributed by atoms with Crippen LogP contribution in [0.4, 0.5) is 0 Å². The fourth-order valence-corrected chi connectivity index (χ4v) is 2.48. The van der Waals surface area contributed by atoms with Gasteiger partial charge in [0.2, 0.25) is 5.91 Å². The van der Waals surface area contributed by atoms with Gasteiger partial charge in [0.25, 0.3) is 5.91 Å². The van der Waals surface area contributed by atoms with Crippen LogP contribution in [0.3, 0.4) is 0 Å². The van der Waals surface area contributed by atoms with Gasteiger partial charge in [-0.15, -0.1) is 0 Å². The summed E-state index contributed by atoms with van der Waals surface area (Å²) in [6.45, 7) is 1.72. The van der Waals surface area contributed by atoms with E-state index in [4.69, 9.17) is 16.0 Å². The van der Waals surface area contributed by atoms with E-state index in [1.807, 2.05) is 0 Å². The zero-order chi connectivity index (χ0) is 15.7. The molecular formula is C16H13ClN2O3. The van der Waals surface area contributed by atoms with E-state index in [0.29, 0.717) is 27.2 Å². The second-order valence-electron chi connectivity index (χ2n) is 4.86. The van der Waals surface area contributed by atoms with Gasteiger partial charge in [0.1, 0.15) is 5.76 Å². The molecule has 0 fully saturated rings. The Bertz CT molecular complexity index is 850. The molecule has 1 amide bonds. The van der Waals surface area contributed by atoms with Crippen LogP contribution in [-0.4, -0.2) is 16.4 Å². The molecule has 3 aromatic rings. The van der Waals surface area contributed by atoms with E-state index >= 15 is 0 Å². The van der Waals surface area contributed by atoms with E-state index in [1.165, 1.54) is 17.7 Å². The Morgan fingerprint density at radius 2 is 2.14 bits per heavy atom. The van der Waals surface area contributed by atoms with Crippen LogP contribution in [0.1, 0.15) is 27.8 Å². The summed E-state index contributed by atoms with van der Waals surface area (Å²) < 4.78 is 6.59. The highest BCUT2D eigenvalue weighted by molar-refractivity contribution is 6.31. The second-order valence-corrected chi connectivity index (χ2v) is 5.29. The van der Waals surface area contributed by atoms with Gasteiger partial charge < -0.3 is 9.73 Å². The maximum Gasteiger partial charge on any atom is 0.253 e. The fraction of sp³-hybridized carbons (Fsp3) is 0.125. The van der Waals surface area contributed by atoms with Crippen molar-refractivity contribution >= 4 is 34.3 Å². The molecule has 0 aliphatic rings. The average Bonchev–Trinajstić information content (AvgIpc) is 3.11. The number of nitrogens with zero attached hydrogens (tertiary/aromatic N) is 1. The highest BCUT2D eigenvalue weighted by Gasteiger charge is 2.17. The molecule has 6 heteroatoms. The number of amides is 1. The van der Waals surface area contributed by atoms with Crippen molar-refractivity contribution in [2.75, 3.05) is 0 Å². The standard InChI is InChI=1S/C16H13ClN2O3/c1-10(20)19-9-14(13-5-4-11(17)7-15(13)19)16(21)18-8-12-3-2-6-22-12/h2-7,9H,8H2,1H3,(H,18,21). The summed E-state index contributed by atoms with van der Waals surface area (Å²) in [5.41, 5.74) is 1.04. The molecule has 2 heterocycles. The molecule has 1 N–H and O–H groups in total. The second kappa shape index (κ2) is 5.69. The molecule has 0 unspecified atom stereocenters. The van der Waals surface area contributed by atoms with Crippen molar-refractivity contribution in [3.8, 4) is 0 Å². The first-order valence-corrected chi connectivity index (χ1v) is 7.06. The van der Waals surface area contributed by atoms with Crippen LogP contribution >= 0.6 is 11.6 Å². The predicted molar refractivity (Wildman–Crippen MR) is 83.1 cm³/mol. The number of hydrogen-bond acceptors (Lipinski definition) is 3. The number of furan rings is 1. The van der Waals surface area contributed by atoms with Crippen molar-refractivity contribution in [1.82, 2.24) is 9.88 Å². The number of carbonyl (C=O) groups excluding carboxylic acids is 2. The SMILES string of the molecule is CC(=O)n1cc(C(=O)NCc2ccco2)c2ccc(Cl)cc21. The minimum absolute atomic E-state index is 0.183. The van der Waals surface area contributed by atoms with E-state index < -0.39 is 0 Å². The van der Waals surface area contributed by atoms with Gasteiger partial charge in [-0.05, 0) is 24.3 Å². The topological polar surface area (TPSA) is 64.2 Å². The normalized spacial score (nSPS) is 10.8. The Morgan fingerprint density at radius 3 is 2.82 bits per heavy atom. The van der Waals surface area contributed by atoms with Crippen LogP contribution in [0, 0.1) is 0 Å². The Kier molecular flexibility index (Phi) is 3.73. The number of nitrogens with one attached hydrogen (secondary N) is 1. The first-order chi connectivity index (χ1) is 10.6. The minimum atomic E-state index is -0.274. The number of fused-ring (bicyclic) bond motifs is 1. The monoisotopic (exact) mass is 316 g/mol. The molecule has 22 heavy (non-hydrogen) atoms. The third kappa shape index (κ3) is 2.63. The fourth-order valence-electron chi connectivity index (χ4n) is 2.32. The number of benzene rings is 1. The highest BCUT2D eigenvalue weighted by atomic mass is 35.5. The molecule has 0 saturated heterocycles. The maximum atomic E-state index is 12.4. The molecule has 0 spiro atoms. The zero-order valence-electron chi connectivity index (χ0n) is 11.8. The van der Waals surface area contributed by atoms with Crippen molar-refractivity contribution in [3.63, 3.8) is 0 Å². The number of hydrogen-bond donors (Lipinski definition) is 1. The quantitative estimate of drug-likeness (QED) is 0.804. The molecular weight excluding hydrogens is 304 g/mol. The van der Waals surface area contributed by atoms with Gasteiger partial charge in [0.05, 0.1) is 23.9 Å². The van der Waals surface area contributed by atoms with Crippen molar-refractivity contribution in [1.29, 1.82) is 0 Å². The van der Waals surface area contributed by atoms with E-state index in [-0.39, 0.29) is 18.4 Å². The van der Waals surface area contributed by atoms with Gasteiger partial charge >= 0.3 is 0 Å². The number of halogens is 1. The lowest BCUT2D eigenvalue weighted by molar-refractivity contribution is 0.0941. The van der Waals surface area contributed by atoms with Crippen LogP contribution in [0.5, 0.6) is 0 Å². The molecule has 0 aliphatic heterocycles. The third-order valence-corrected chi connectivity index (χ3v) is 3.59. The Labute approximate surface area is 131 Å². The summed E-state index contributed by atoms with van der Waals surface area (Å²) >= 11 is 5.98. The van der Waals surface area contributed by atoms with Crippen LogP contribution in [0.25, 0.3) is 10.9 Å². The van der Waals surface area contributed by atoms with E-state index in [0.717, 1.165) is 0 Å². The zero-order valence-corrected chi connectivity index (χ0v) is 12.6. The largest absolute Gasteiger partial charge is 0.467 e. The molecule has 0 bridgehead atoms. The lowest BCUT2D eigenvalue weighted by Gasteiger charge is -2.02. The molecule has 5 nitrogen and oxygen atoms in total. The van der Waals surface area contributed by atoms with Crippen molar-refractivity contribution < 1.29 is 14.0 Å². The number of carbonyl (C=O) groups is 2. The number of rotatable bonds is 3. The Hall–Kier alpha value is -2.53. The lowest BCUT2D eigenvalue weighted by Crippen LogP contribution is -2.22. The smallest absolute Gasteiger partial charge is 0.253 e. The van der Waals surface area contributed by atoms with Gasteiger partial charge in [-0.1, -0.05) is 17.7 Å². The van der Waals surface area contributed by atoms with Gasteiger partial charge in [0.15, 0.2) is 0 Å². The molecule has 1 aromatic carbocycles. The maximum absolute atomic E-state index is 12.4. The predicted octanol–water partition coefficient (Wildman–Crippen LogP) is 3.48. The van der Waals surface area contributed by atoms with Gasteiger partial charge in [-0.3, -0.25) is 14.2 Å². The van der Waals surface area contributed by atoms with E-state index in [1.54, 1.807) is 36.6 Å². The molecule has 2 aromatic heterocycles. The third-order valence-electron chi connectivity index (χ3n) is 3.35. The van der Waals surface area contributed by atoms with Crippen molar-refractivity contribution in [2.45, 2.75) is 13.5 Å².